The smallest absolute Gasteiger partial charge is 0.160 e. The lowest BCUT2D eigenvalue weighted by Gasteiger charge is -2.13. The Labute approximate surface area is 333 Å². The van der Waals surface area contributed by atoms with E-state index in [2.05, 4.69) is 174 Å². The molecule has 0 spiro atoms. The highest BCUT2D eigenvalue weighted by Crippen LogP contribution is 2.42. The highest BCUT2D eigenvalue weighted by Gasteiger charge is 2.20. The van der Waals surface area contributed by atoms with Crippen LogP contribution in [0.4, 0.5) is 0 Å². The zero-order valence-electron chi connectivity index (χ0n) is 31.3. The third-order valence-electron chi connectivity index (χ3n) is 11.6. The number of nitrogens with zero attached hydrogens (tertiary/aromatic N) is 3. The maximum atomic E-state index is 6.62. The summed E-state index contributed by atoms with van der Waals surface area (Å²) < 4.78 is 9.01. The lowest BCUT2D eigenvalue weighted by Crippen LogP contribution is -1.97. The van der Waals surface area contributed by atoms with E-state index in [0.717, 1.165) is 66.8 Å². The van der Waals surface area contributed by atoms with Crippen molar-refractivity contribution in [2.45, 2.75) is 0 Å². The highest BCUT2D eigenvalue weighted by atomic mass is 16.3. The molecule has 0 aliphatic heterocycles. The lowest BCUT2D eigenvalue weighted by atomic mass is 9.95. The second-order valence-corrected chi connectivity index (χ2v) is 15.0. The second-order valence-electron chi connectivity index (χ2n) is 15.0. The molecule has 3 heterocycles. The molecule has 270 valence electrons. The molecular weight excluding hydrogens is 707 g/mol. The minimum Gasteiger partial charge on any atom is -0.456 e. The summed E-state index contributed by atoms with van der Waals surface area (Å²) in [6.45, 7) is 0. The van der Waals surface area contributed by atoms with Crippen LogP contribution in [-0.2, 0) is 0 Å². The highest BCUT2D eigenvalue weighted by molar-refractivity contribution is 6.15. The summed E-state index contributed by atoms with van der Waals surface area (Å²) in [5.74, 6) is 0.677. The van der Waals surface area contributed by atoms with E-state index >= 15 is 0 Å². The molecule has 0 amide bonds. The van der Waals surface area contributed by atoms with E-state index in [1.807, 2.05) is 30.3 Å². The minimum atomic E-state index is 0.677. The van der Waals surface area contributed by atoms with E-state index in [4.69, 9.17) is 14.4 Å². The van der Waals surface area contributed by atoms with E-state index in [1.165, 1.54) is 43.4 Å². The number of furan rings is 1. The number of fused-ring (bicyclic) bond motifs is 8. The lowest BCUT2D eigenvalue weighted by molar-refractivity contribution is 0.669. The van der Waals surface area contributed by atoms with Crippen molar-refractivity contribution < 1.29 is 4.42 Å². The van der Waals surface area contributed by atoms with Crippen molar-refractivity contribution in [3.05, 3.63) is 200 Å². The molecule has 12 aromatic rings. The Balaban J connectivity index is 1.05. The molecular formula is C54H33N3O. The fourth-order valence-corrected chi connectivity index (χ4v) is 8.76. The quantitative estimate of drug-likeness (QED) is 0.177. The van der Waals surface area contributed by atoms with Crippen LogP contribution in [0.2, 0.25) is 0 Å². The Bertz CT molecular complexity index is 3560. The van der Waals surface area contributed by atoms with Gasteiger partial charge in [0.1, 0.15) is 11.2 Å². The molecule has 4 heteroatoms. The van der Waals surface area contributed by atoms with Gasteiger partial charge in [0, 0.05) is 43.9 Å². The first-order chi connectivity index (χ1) is 28.7. The molecule has 0 fully saturated rings. The first-order valence-electron chi connectivity index (χ1n) is 19.6. The Kier molecular flexibility index (Phi) is 7.20. The molecule has 0 aliphatic carbocycles. The molecule has 58 heavy (non-hydrogen) atoms. The molecule has 0 bridgehead atoms. The first-order valence-corrected chi connectivity index (χ1v) is 19.6. The fourth-order valence-electron chi connectivity index (χ4n) is 8.76. The molecule has 0 aliphatic rings. The van der Waals surface area contributed by atoms with Gasteiger partial charge in [0.25, 0.3) is 0 Å². The first kappa shape index (κ1) is 32.4. The second kappa shape index (κ2) is 12.9. The predicted molar refractivity (Wildman–Crippen MR) is 240 cm³/mol. The molecule has 12 rings (SSSR count). The molecule has 0 unspecified atom stereocenters. The monoisotopic (exact) mass is 739 g/mol. The summed E-state index contributed by atoms with van der Waals surface area (Å²) >= 11 is 0. The molecule has 3 aromatic heterocycles. The molecule has 0 radical (unpaired) electrons. The van der Waals surface area contributed by atoms with E-state index in [0.29, 0.717) is 5.82 Å². The Hall–Kier alpha value is -7.82. The van der Waals surface area contributed by atoms with Gasteiger partial charge in [-0.15, -0.1) is 0 Å². The fraction of sp³-hybridized carbons (Fsp3) is 0. The molecule has 0 saturated heterocycles. The largest absolute Gasteiger partial charge is 0.456 e. The number of benzene rings is 9. The van der Waals surface area contributed by atoms with Gasteiger partial charge in [-0.05, 0) is 93.3 Å². The van der Waals surface area contributed by atoms with Crippen LogP contribution in [0, 0.1) is 0 Å². The van der Waals surface area contributed by atoms with Crippen LogP contribution in [0.1, 0.15) is 0 Å². The Morgan fingerprint density at radius 3 is 1.84 bits per heavy atom. The van der Waals surface area contributed by atoms with Crippen molar-refractivity contribution in [3.8, 4) is 50.7 Å². The van der Waals surface area contributed by atoms with E-state index in [-0.39, 0.29) is 0 Å². The molecule has 0 saturated carbocycles. The van der Waals surface area contributed by atoms with Crippen LogP contribution in [0.15, 0.2) is 205 Å². The van der Waals surface area contributed by atoms with Gasteiger partial charge >= 0.3 is 0 Å². The number of rotatable bonds is 5. The zero-order chi connectivity index (χ0) is 38.2. The third-order valence-corrected chi connectivity index (χ3v) is 11.6. The minimum absolute atomic E-state index is 0.677. The van der Waals surface area contributed by atoms with Gasteiger partial charge in [0.15, 0.2) is 5.82 Å². The normalized spacial score (nSPS) is 11.8. The van der Waals surface area contributed by atoms with Gasteiger partial charge in [-0.25, -0.2) is 9.97 Å². The van der Waals surface area contributed by atoms with Gasteiger partial charge in [-0.1, -0.05) is 140 Å². The van der Waals surface area contributed by atoms with Gasteiger partial charge in [0.2, 0.25) is 0 Å². The number of hydrogen-bond acceptors (Lipinski definition) is 3. The maximum absolute atomic E-state index is 6.62. The van der Waals surface area contributed by atoms with Crippen LogP contribution in [0.25, 0.3) is 116 Å². The topological polar surface area (TPSA) is 43.9 Å². The Morgan fingerprint density at radius 1 is 0.362 bits per heavy atom. The summed E-state index contributed by atoms with van der Waals surface area (Å²) in [4.78, 5) is 10.5. The van der Waals surface area contributed by atoms with Crippen LogP contribution in [-0.4, -0.2) is 14.5 Å². The molecule has 0 atom stereocenters. The number of hydrogen-bond donors (Lipinski definition) is 0. The number of para-hydroxylation sites is 2. The van der Waals surface area contributed by atoms with E-state index in [1.54, 1.807) is 0 Å². The third kappa shape index (κ3) is 5.23. The van der Waals surface area contributed by atoms with Crippen molar-refractivity contribution in [3.63, 3.8) is 0 Å². The molecule has 0 N–H and O–H groups in total. The van der Waals surface area contributed by atoms with Crippen molar-refractivity contribution >= 4 is 65.3 Å². The summed E-state index contributed by atoms with van der Waals surface area (Å²) in [5, 5.41) is 9.43. The Morgan fingerprint density at radius 2 is 1.02 bits per heavy atom. The standard InChI is InChI=1S/C54H33N3O/c1-2-13-36(14-3-1)54-55-47(40-23-22-34-12-4-5-15-37(34)28-40)33-48(56-54)46-30-41(32-52-53(46)44-19-9-11-21-51(44)58-52)35-24-26-42(27-25-35)57-49-20-10-8-18-43(49)45-29-38-16-6-7-17-39(38)31-50(45)57/h1-33H. The van der Waals surface area contributed by atoms with Crippen LogP contribution < -0.4 is 0 Å². The summed E-state index contributed by atoms with van der Waals surface area (Å²) in [6.07, 6.45) is 0. The van der Waals surface area contributed by atoms with E-state index in [9.17, 15) is 0 Å². The zero-order valence-corrected chi connectivity index (χ0v) is 31.3. The maximum Gasteiger partial charge on any atom is 0.160 e. The summed E-state index contributed by atoms with van der Waals surface area (Å²) in [6, 6.07) is 70.9. The van der Waals surface area contributed by atoms with Crippen LogP contribution in [0.5, 0.6) is 0 Å². The van der Waals surface area contributed by atoms with Crippen LogP contribution in [0.3, 0.4) is 0 Å². The molecule has 9 aromatic carbocycles. The van der Waals surface area contributed by atoms with Crippen molar-refractivity contribution in [2.24, 2.45) is 0 Å². The summed E-state index contributed by atoms with van der Waals surface area (Å²) in [7, 11) is 0. The van der Waals surface area contributed by atoms with Crippen molar-refractivity contribution in [2.75, 3.05) is 0 Å². The van der Waals surface area contributed by atoms with Gasteiger partial charge in [-0.2, -0.15) is 0 Å². The van der Waals surface area contributed by atoms with Gasteiger partial charge in [0.05, 0.1) is 22.4 Å². The van der Waals surface area contributed by atoms with Gasteiger partial charge < -0.3 is 8.98 Å². The summed E-state index contributed by atoms with van der Waals surface area (Å²) in [5.41, 5.74) is 12.0. The van der Waals surface area contributed by atoms with E-state index < -0.39 is 0 Å². The predicted octanol–water partition coefficient (Wildman–Crippen LogP) is 14.4. The number of aromatic nitrogens is 3. The van der Waals surface area contributed by atoms with Gasteiger partial charge in [-0.3, -0.25) is 0 Å². The average Bonchev–Trinajstić information content (AvgIpc) is 3.83. The van der Waals surface area contributed by atoms with Crippen LogP contribution >= 0.6 is 0 Å². The molecule has 4 nitrogen and oxygen atoms in total. The van der Waals surface area contributed by atoms with Crippen molar-refractivity contribution in [1.29, 1.82) is 0 Å². The van der Waals surface area contributed by atoms with Crippen molar-refractivity contribution in [1.82, 2.24) is 14.5 Å². The average molecular weight is 740 g/mol. The SMILES string of the molecule is c1ccc(-c2nc(-c3ccc4ccccc4c3)cc(-c3cc(-c4ccc(-n5c6ccccc6c6cc7ccccc7cc65)cc4)cc4oc5ccccc5c34)n2)cc1.